The highest BCUT2D eigenvalue weighted by molar-refractivity contribution is 7.90. The number of nitrogens with one attached hydrogen (secondary N) is 2. The Morgan fingerprint density at radius 3 is 2.29 bits per heavy atom. The van der Waals surface area contributed by atoms with Crippen LogP contribution in [0.25, 0.3) is 0 Å². The van der Waals surface area contributed by atoms with Crippen LogP contribution in [0, 0.1) is 6.92 Å². The van der Waals surface area contributed by atoms with Crippen molar-refractivity contribution in [3.63, 3.8) is 0 Å². The topological polar surface area (TPSA) is 108 Å². The molecule has 1 aliphatic heterocycles. The summed E-state index contributed by atoms with van der Waals surface area (Å²) in [4.78, 5) is 24.5. The van der Waals surface area contributed by atoms with Crippen LogP contribution in [0.1, 0.15) is 29.5 Å². The molecule has 0 aromatic heterocycles. The van der Waals surface area contributed by atoms with Crippen molar-refractivity contribution in [1.82, 2.24) is 10.0 Å². The van der Waals surface area contributed by atoms with E-state index in [1.807, 2.05) is 66.2 Å². The fraction of sp³-hybridized carbons (Fsp3) is 0.160. The predicted molar refractivity (Wildman–Crippen MR) is 130 cm³/mol. The normalized spacial score (nSPS) is 13.9. The average Bonchev–Trinajstić information content (AvgIpc) is 2.84. The van der Waals surface area contributed by atoms with Crippen molar-refractivity contribution in [2.24, 2.45) is 5.10 Å². The molecule has 34 heavy (non-hydrogen) atoms. The van der Waals surface area contributed by atoms with Crippen molar-refractivity contribution in [3.8, 4) is 0 Å². The Balaban J connectivity index is 1.45. The van der Waals surface area contributed by atoms with Crippen LogP contribution in [0.15, 0.2) is 88.9 Å². The van der Waals surface area contributed by atoms with Gasteiger partial charge in [0.25, 0.3) is 10.0 Å². The zero-order valence-electron chi connectivity index (χ0n) is 18.6. The van der Waals surface area contributed by atoms with E-state index in [0.29, 0.717) is 18.5 Å². The maximum absolute atomic E-state index is 12.6. The number of anilines is 1. The van der Waals surface area contributed by atoms with Gasteiger partial charge in [-0.05, 0) is 42.3 Å². The highest BCUT2D eigenvalue weighted by Gasteiger charge is 2.24. The van der Waals surface area contributed by atoms with E-state index in [1.165, 1.54) is 29.3 Å². The number of rotatable bonds is 6. The molecule has 3 aromatic carbocycles. The standard InChI is InChI=1S/C25H24N4O4S/c1-18-7-9-20(10-8-18)23-15-16-24(30)29(27-23)21-11-13-22(14-12-21)34(32,33)28-25(31)26-17-19-5-3-2-4-6-19/h2-14H,15-17H2,1H3,(H2,26,28,31). The van der Waals surface area contributed by atoms with Gasteiger partial charge in [0.05, 0.1) is 16.3 Å². The Kier molecular flexibility index (Phi) is 6.74. The fourth-order valence-electron chi connectivity index (χ4n) is 3.47. The lowest BCUT2D eigenvalue weighted by Gasteiger charge is -2.24. The molecule has 174 valence electrons. The largest absolute Gasteiger partial charge is 0.333 e. The number of carbonyl (C=O) groups is 2. The van der Waals surface area contributed by atoms with Gasteiger partial charge >= 0.3 is 6.03 Å². The third kappa shape index (κ3) is 5.49. The Labute approximate surface area is 198 Å². The first-order chi connectivity index (χ1) is 16.3. The lowest BCUT2D eigenvalue weighted by atomic mass is 10.0. The molecular weight excluding hydrogens is 452 g/mol. The second kappa shape index (κ2) is 9.88. The molecule has 0 fully saturated rings. The lowest BCUT2D eigenvalue weighted by Crippen LogP contribution is -2.39. The third-order valence-electron chi connectivity index (χ3n) is 5.33. The summed E-state index contributed by atoms with van der Waals surface area (Å²) in [7, 11) is -4.08. The molecule has 1 heterocycles. The van der Waals surface area contributed by atoms with Gasteiger partial charge in [-0.3, -0.25) is 4.79 Å². The maximum Gasteiger partial charge on any atom is 0.328 e. The number of hydrogen-bond acceptors (Lipinski definition) is 5. The quantitative estimate of drug-likeness (QED) is 0.565. The van der Waals surface area contributed by atoms with Gasteiger partial charge in [0.2, 0.25) is 5.91 Å². The number of hydrogen-bond donors (Lipinski definition) is 2. The van der Waals surface area contributed by atoms with Crippen LogP contribution >= 0.6 is 0 Å². The van der Waals surface area contributed by atoms with Crippen LogP contribution in [0.2, 0.25) is 0 Å². The second-order valence-electron chi connectivity index (χ2n) is 7.89. The molecule has 9 heteroatoms. The van der Waals surface area contributed by atoms with Crippen molar-refractivity contribution in [3.05, 3.63) is 95.6 Å². The highest BCUT2D eigenvalue weighted by Crippen LogP contribution is 2.24. The van der Waals surface area contributed by atoms with Crippen LogP contribution in [0.4, 0.5) is 10.5 Å². The van der Waals surface area contributed by atoms with E-state index in [4.69, 9.17) is 0 Å². The van der Waals surface area contributed by atoms with Crippen molar-refractivity contribution in [2.45, 2.75) is 31.2 Å². The van der Waals surface area contributed by atoms with Gasteiger partial charge in [-0.1, -0.05) is 60.2 Å². The minimum absolute atomic E-state index is 0.0988. The molecule has 8 nitrogen and oxygen atoms in total. The average molecular weight is 477 g/mol. The first kappa shape index (κ1) is 23.2. The van der Waals surface area contributed by atoms with E-state index in [-0.39, 0.29) is 17.3 Å². The van der Waals surface area contributed by atoms with E-state index >= 15 is 0 Å². The molecule has 0 saturated heterocycles. The van der Waals surface area contributed by atoms with Gasteiger partial charge in [-0.25, -0.2) is 22.9 Å². The van der Waals surface area contributed by atoms with Gasteiger partial charge < -0.3 is 5.32 Å². The van der Waals surface area contributed by atoms with Gasteiger partial charge in [-0.15, -0.1) is 0 Å². The molecule has 4 rings (SSSR count). The minimum atomic E-state index is -4.08. The number of urea groups is 1. The van der Waals surface area contributed by atoms with E-state index in [9.17, 15) is 18.0 Å². The smallest absolute Gasteiger partial charge is 0.328 e. The Morgan fingerprint density at radius 2 is 1.62 bits per heavy atom. The van der Waals surface area contributed by atoms with E-state index < -0.39 is 16.1 Å². The number of aryl methyl sites for hydroxylation is 1. The summed E-state index contributed by atoms with van der Waals surface area (Å²) >= 11 is 0. The summed E-state index contributed by atoms with van der Waals surface area (Å²) in [6, 6.07) is 21.9. The lowest BCUT2D eigenvalue weighted by molar-refractivity contribution is -0.118. The zero-order valence-corrected chi connectivity index (χ0v) is 19.4. The molecule has 0 spiro atoms. The van der Waals surface area contributed by atoms with Gasteiger partial charge in [0.15, 0.2) is 0 Å². The molecule has 3 aromatic rings. The van der Waals surface area contributed by atoms with E-state index in [2.05, 4.69) is 10.4 Å². The third-order valence-corrected chi connectivity index (χ3v) is 6.68. The number of sulfonamides is 1. The van der Waals surface area contributed by atoms with Gasteiger partial charge in [0, 0.05) is 19.4 Å². The monoisotopic (exact) mass is 476 g/mol. The van der Waals surface area contributed by atoms with E-state index in [1.54, 1.807) is 0 Å². The first-order valence-corrected chi connectivity index (χ1v) is 12.2. The summed E-state index contributed by atoms with van der Waals surface area (Å²) in [5.74, 6) is -0.176. The summed E-state index contributed by atoms with van der Waals surface area (Å²) in [5.41, 5.74) is 4.14. The molecular formula is C25H24N4O4S. The summed E-state index contributed by atoms with van der Waals surface area (Å²) in [5, 5.41) is 8.30. The van der Waals surface area contributed by atoms with Gasteiger partial charge in [-0.2, -0.15) is 5.10 Å². The fourth-order valence-corrected chi connectivity index (χ4v) is 4.40. The number of benzene rings is 3. The zero-order chi connectivity index (χ0) is 24.1. The molecule has 2 N–H and O–H groups in total. The van der Waals surface area contributed by atoms with Crippen LogP contribution in [0.3, 0.4) is 0 Å². The molecule has 3 amide bonds. The summed E-state index contributed by atoms with van der Waals surface area (Å²) in [6.45, 7) is 2.19. The summed E-state index contributed by atoms with van der Waals surface area (Å²) in [6.07, 6.45) is 0.836. The molecule has 0 saturated carbocycles. The summed E-state index contributed by atoms with van der Waals surface area (Å²) < 4.78 is 27.2. The Bertz CT molecular complexity index is 1320. The number of hydrazone groups is 1. The van der Waals surface area contributed by atoms with Crippen LogP contribution in [-0.2, 0) is 21.4 Å². The van der Waals surface area contributed by atoms with Crippen molar-refractivity contribution in [2.75, 3.05) is 5.01 Å². The number of carbonyl (C=O) groups excluding carboxylic acids is 2. The minimum Gasteiger partial charge on any atom is -0.333 e. The molecule has 1 aliphatic rings. The molecule has 0 unspecified atom stereocenters. The second-order valence-corrected chi connectivity index (χ2v) is 9.57. The van der Waals surface area contributed by atoms with Crippen molar-refractivity contribution < 1.29 is 18.0 Å². The number of nitrogens with zero attached hydrogens (tertiary/aromatic N) is 2. The Hall–Kier alpha value is -3.98. The maximum atomic E-state index is 12.6. The van der Waals surface area contributed by atoms with Crippen molar-refractivity contribution >= 4 is 33.4 Å². The molecule has 0 bridgehead atoms. The molecule has 0 radical (unpaired) electrons. The van der Waals surface area contributed by atoms with Crippen LogP contribution in [-0.4, -0.2) is 26.1 Å². The predicted octanol–water partition coefficient (Wildman–Crippen LogP) is 3.71. The number of amides is 3. The van der Waals surface area contributed by atoms with Crippen molar-refractivity contribution in [1.29, 1.82) is 0 Å². The Morgan fingerprint density at radius 1 is 0.941 bits per heavy atom. The SMILES string of the molecule is Cc1ccc(C2=NN(c3ccc(S(=O)(=O)NC(=O)NCc4ccccc4)cc3)C(=O)CC2)cc1. The van der Waals surface area contributed by atoms with Gasteiger partial charge in [0.1, 0.15) is 0 Å². The van der Waals surface area contributed by atoms with E-state index in [0.717, 1.165) is 22.4 Å². The van der Waals surface area contributed by atoms with Crippen LogP contribution < -0.4 is 15.0 Å². The van der Waals surface area contributed by atoms with Crippen LogP contribution in [0.5, 0.6) is 0 Å². The highest BCUT2D eigenvalue weighted by atomic mass is 32.2. The first-order valence-electron chi connectivity index (χ1n) is 10.7. The molecule has 0 atom stereocenters. The molecule has 0 aliphatic carbocycles.